The Labute approximate surface area is 90.2 Å². The Kier molecular flexibility index (Phi) is 4.00. The average molecular weight is 214 g/mol. The van der Waals surface area contributed by atoms with E-state index in [1.54, 1.807) is 6.92 Å². The van der Waals surface area contributed by atoms with Crippen LogP contribution in [0.15, 0.2) is 11.5 Å². The third kappa shape index (κ3) is 2.43. The monoisotopic (exact) mass is 214 g/mol. The molecule has 0 aromatic rings. The molecule has 0 aromatic carbocycles. The molecule has 1 heterocycles. The van der Waals surface area contributed by atoms with Crippen LogP contribution in [0, 0.1) is 0 Å². The Balaban J connectivity index is 2.85. The summed E-state index contributed by atoms with van der Waals surface area (Å²) < 4.78 is 15.8. The zero-order valence-electron chi connectivity index (χ0n) is 9.70. The van der Waals surface area contributed by atoms with Crippen LogP contribution in [0.2, 0.25) is 0 Å². The van der Waals surface area contributed by atoms with Crippen molar-refractivity contribution in [1.29, 1.82) is 0 Å². The molecule has 0 aromatic heterocycles. The summed E-state index contributed by atoms with van der Waals surface area (Å²) in [5.41, 5.74) is 0. The normalized spacial score (nSPS) is 25.6. The van der Waals surface area contributed by atoms with Gasteiger partial charge in [-0.25, -0.2) is 4.79 Å². The number of hydrogen-bond donors (Lipinski definition) is 0. The Morgan fingerprint density at radius 2 is 1.80 bits per heavy atom. The molecule has 0 saturated heterocycles. The van der Waals surface area contributed by atoms with Crippen LogP contribution in [0.4, 0.5) is 0 Å². The maximum absolute atomic E-state index is 11.3. The summed E-state index contributed by atoms with van der Waals surface area (Å²) in [6, 6.07) is 0. The summed E-state index contributed by atoms with van der Waals surface area (Å²) in [4.78, 5) is 11.3. The zero-order chi connectivity index (χ0) is 11.4. The second-order valence-corrected chi connectivity index (χ2v) is 3.51. The Bertz CT molecular complexity index is 270. The molecule has 0 N–H and O–H groups in total. The van der Waals surface area contributed by atoms with Crippen LogP contribution in [0.25, 0.3) is 0 Å². The molecule has 1 aliphatic rings. The van der Waals surface area contributed by atoms with Gasteiger partial charge >= 0.3 is 5.97 Å². The second-order valence-electron chi connectivity index (χ2n) is 3.51. The van der Waals surface area contributed by atoms with E-state index in [1.807, 2.05) is 13.8 Å². The molecule has 0 fully saturated rings. The van der Waals surface area contributed by atoms with Crippen LogP contribution in [-0.4, -0.2) is 25.3 Å². The molecule has 4 heteroatoms. The molecule has 0 amide bonds. The van der Waals surface area contributed by atoms with Crippen molar-refractivity contribution in [3.8, 4) is 0 Å². The van der Waals surface area contributed by atoms with Crippen molar-refractivity contribution >= 4 is 5.97 Å². The number of hydrogen-bond acceptors (Lipinski definition) is 4. The minimum Gasteiger partial charge on any atom is -0.487 e. The molecule has 0 unspecified atom stereocenters. The number of carbonyl (C=O) groups is 1. The van der Waals surface area contributed by atoms with E-state index < -0.39 is 5.97 Å². The molecule has 0 aliphatic carbocycles. The summed E-state index contributed by atoms with van der Waals surface area (Å²) in [6.07, 6.45) is 1.65. The van der Waals surface area contributed by atoms with Crippen LogP contribution in [0.3, 0.4) is 0 Å². The van der Waals surface area contributed by atoms with Gasteiger partial charge in [0.1, 0.15) is 18.0 Å². The van der Waals surface area contributed by atoms with E-state index in [0.717, 1.165) is 12.8 Å². The fourth-order valence-corrected chi connectivity index (χ4v) is 1.64. The predicted molar refractivity (Wildman–Crippen MR) is 55.0 cm³/mol. The lowest BCUT2D eigenvalue weighted by atomic mass is 10.1. The van der Waals surface area contributed by atoms with Crippen LogP contribution >= 0.6 is 0 Å². The summed E-state index contributed by atoms with van der Waals surface area (Å²) in [6.45, 7) is 5.76. The maximum atomic E-state index is 11.3. The highest BCUT2D eigenvalue weighted by Gasteiger charge is 2.32. The summed E-state index contributed by atoms with van der Waals surface area (Å²) in [5, 5.41) is 0. The third-order valence-electron chi connectivity index (χ3n) is 2.51. The van der Waals surface area contributed by atoms with Gasteiger partial charge in [0, 0.05) is 0 Å². The first kappa shape index (κ1) is 11.9. The SMILES string of the molecule is CC[C@@H]1OC(C(=O)OC)=C(C)O[C@@H]1CC. The minimum atomic E-state index is -0.472. The van der Waals surface area contributed by atoms with Gasteiger partial charge in [-0.3, -0.25) is 0 Å². The number of allylic oxidation sites excluding steroid dienone is 1. The van der Waals surface area contributed by atoms with Crippen molar-refractivity contribution in [2.24, 2.45) is 0 Å². The van der Waals surface area contributed by atoms with Crippen molar-refractivity contribution in [2.75, 3.05) is 7.11 Å². The number of esters is 1. The number of carbonyl (C=O) groups excluding carboxylic acids is 1. The van der Waals surface area contributed by atoms with Crippen molar-refractivity contribution in [2.45, 2.75) is 45.8 Å². The van der Waals surface area contributed by atoms with Crippen molar-refractivity contribution in [3.05, 3.63) is 11.5 Å². The Morgan fingerprint density at radius 3 is 2.27 bits per heavy atom. The lowest BCUT2D eigenvalue weighted by molar-refractivity contribution is -0.148. The van der Waals surface area contributed by atoms with E-state index in [2.05, 4.69) is 4.74 Å². The first-order chi connectivity index (χ1) is 7.13. The molecule has 0 spiro atoms. The standard InChI is InChI=1S/C11H18O4/c1-5-8-9(6-2)15-10(7(3)14-8)11(12)13-4/h8-9H,5-6H2,1-4H3/t8-,9+/m1/s1. The number of methoxy groups -OCH3 is 1. The summed E-state index contributed by atoms with van der Waals surface area (Å²) in [7, 11) is 1.33. The molecule has 0 radical (unpaired) electrons. The second kappa shape index (κ2) is 5.05. The van der Waals surface area contributed by atoms with E-state index >= 15 is 0 Å². The molecule has 4 nitrogen and oxygen atoms in total. The largest absolute Gasteiger partial charge is 0.487 e. The molecular weight excluding hydrogens is 196 g/mol. The van der Waals surface area contributed by atoms with Gasteiger partial charge in [-0.15, -0.1) is 0 Å². The van der Waals surface area contributed by atoms with Crippen LogP contribution in [-0.2, 0) is 19.0 Å². The predicted octanol–water partition coefficient (Wildman–Crippen LogP) is 1.99. The maximum Gasteiger partial charge on any atom is 0.376 e. The quantitative estimate of drug-likeness (QED) is 0.674. The molecular formula is C11H18O4. The molecule has 2 atom stereocenters. The highest BCUT2D eigenvalue weighted by atomic mass is 16.6. The van der Waals surface area contributed by atoms with Crippen molar-refractivity contribution in [1.82, 2.24) is 0 Å². The van der Waals surface area contributed by atoms with Crippen molar-refractivity contribution in [3.63, 3.8) is 0 Å². The molecule has 0 saturated carbocycles. The average Bonchev–Trinajstić information content (AvgIpc) is 2.27. The smallest absolute Gasteiger partial charge is 0.376 e. The van der Waals surface area contributed by atoms with E-state index in [4.69, 9.17) is 9.47 Å². The third-order valence-corrected chi connectivity index (χ3v) is 2.51. The minimum absolute atomic E-state index is 0.0309. The molecule has 0 bridgehead atoms. The number of ether oxygens (including phenoxy) is 3. The first-order valence-electron chi connectivity index (χ1n) is 5.26. The fourth-order valence-electron chi connectivity index (χ4n) is 1.64. The lowest BCUT2D eigenvalue weighted by Crippen LogP contribution is -2.36. The topological polar surface area (TPSA) is 44.8 Å². The van der Waals surface area contributed by atoms with E-state index in [0.29, 0.717) is 5.76 Å². The van der Waals surface area contributed by atoms with Gasteiger partial charge in [-0.2, -0.15) is 0 Å². The van der Waals surface area contributed by atoms with Crippen LogP contribution < -0.4 is 0 Å². The van der Waals surface area contributed by atoms with Gasteiger partial charge in [-0.05, 0) is 19.8 Å². The van der Waals surface area contributed by atoms with Gasteiger partial charge in [-0.1, -0.05) is 13.8 Å². The van der Waals surface area contributed by atoms with E-state index in [1.165, 1.54) is 7.11 Å². The van der Waals surface area contributed by atoms with Gasteiger partial charge in [0.25, 0.3) is 0 Å². The first-order valence-corrected chi connectivity index (χ1v) is 5.26. The molecule has 1 rings (SSSR count). The zero-order valence-corrected chi connectivity index (χ0v) is 9.70. The van der Waals surface area contributed by atoms with E-state index in [-0.39, 0.29) is 18.0 Å². The fraction of sp³-hybridized carbons (Fsp3) is 0.727. The van der Waals surface area contributed by atoms with Gasteiger partial charge in [0.15, 0.2) is 0 Å². The van der Waals surface area contributed by atoms with Crippen molar-refractivity contribution < 1.29 is 19.0 Å². The number of rotatable bonds is 3. The van der Waals surface area contributed by atoms with Crippen LogP contribution in [0.1, 0.15) is 33.6 Å². The summed E-state index contributed by atoms with van der Waals surface area (Å²) in [5.74, 6) is 0.243. The highest BCUT2D eigenvalue weighted by Crippen LogP contribution is 2.26. The van der Waals surface area contributed by atoms with Gasteiger partial charge in [0.05, 0.1) is 7.11 Å². The molecule has 86 valence electrons. The Hall–Kier alpha value is -1.19. The highest BCUT2D eigenvalue weighted by molar-refractivity contribution is 5.86. The van der Waals surface area contributed by atoms with Gasteiger partial charge < -0.3 is 14.2 Å². The van der Waals surface area contributed by atoms with E-state index in [9.17, 15) is 4.79 Å². The Morgan fingerprint density at radius 1 is 1.27 bits per heavy atom. The molecule has 1 aliphatic heterocycles. The molecule has 15 heavy (non-hydrogen) atoms. The van der Waals surface area contributed by atoms with Gasteiger partial charge in [0.2, 0.25) is 5.76 Å². The lowest BCUT2D eigenvalue weighted by Gasteiger charge is -2.32. The van der Waals surface area contributed by atoms with Crippen LogP contribution in [0.5, 0.6) is 0 Å². The summed E-state index contributed by atoms with van der Waals surface area (Å²) >= 11 is 0.